The van der Waals surface area contributed by atoms with E-state index in [-0.39, 0.29) is 12.5 Å². The molecule has 1 N–H and O–H groups in total. The fourth-order valence-corrected chi connectivity index (χ4v) is 2.44. The largest absolute Gasteiger partial charge is 0.485 e. The normalized spacial score (nSPS) is 10.5. The second kappa shape index (κ2) is 9.01. The van der Waals surface area contributed by atoms with Gasteiger partial charge in [-0.25, -0.2) is 0 Å². The highest BCUT2D eigenvalue weighted by Gasteiger charge is 2.14. The summed E-state index contributed by atoms with van der Waals surface area (Å²) in [6, 6.07) is 16.7. The molecule has 1 amide bonds. The molecule has 0 fully saturated rings. The number of hydrogen-bond acceptors (Lipinski definition) is 5. The van der Waals surface area contributed by atoms with Gasteiger partial charge in [0, 0.05) is 12.3 Å². The Hall–Kier alpha value is -2.86. The molecule has 0 saturated carbocycles. The Bertz CT molecular complexity index is 852. The minimum Gasteiger partial charge on any atom is -0.485 e. The zero-order chi connectivity index (χ0) is 18.2. The van der Waals surface area contributed by atoms with Gasteiger partial charge in [-0.3, -0.25) is 4.79 Å². The van der Waals surface area contributed by atoms with Crippen molar-refractivity contribution in [1.82, 2.24) is 10.1 Å². The van der Waals surface area contributed by atoms with E-state index in [2.05, 4.69) is 15.5 Å². The van der Waals surface area contributed by atoms with Crippen LogP contribution in [0.5, 0.6) is 5.75 Å². The fraction of sp³-hybridized carbons (Fsp3) is 0.211. The third-order valence-electron chi connectivity index (χ3n) is 3.55. The van der Waals surface area contributed by atoms with Gasteiger partial charge in [-0.15, -0.1) is 11.6 Å². The van der Waals surface area contributed by atoms with Crippen molar-refractivity contribution in [2.45, 2.75) is 19.4 Å². The molecule has 0 radical (unpaired) electrons. The van der Waals surface area contributed by atoms with Gasteiger partial charge in [0.05, 0.1) is 11.3 Å². The molecule has 0 spiro atoms. The highest BCUT2D eigenvalue weighted by Crippen LogP contribution is 2.26. The van der Waals surface area contributed by atoms with Crippen molar-refractivity contribution in [3.8, 4) is 17.2 Å². The third kappa shape index (κ3) is 4.83. The summed E-state index contributed by atoms with van der Waals surface area (Å²) in [5.74, 6) is 1.82. The number of nitrogens with one attached hydrogen (secondary N) is 1. The Kier molecular flexibility index (Phi) is 6.22. The van der Waals surface area contributed by atoms with Crippen molar-refractivity contribution in [2.24, 2.45) is 0 Å². The molecule has 1 heterocycles. The minimum absolute atomic E-state index is 0.106. The Balaban J connectivity index is 1.69. The van der Waals surface area contributed by atoms with Crippen molar-refractivity contribution >= 4 is 23.2 Å². The van der Waals surface area contributed by atoms with Crippen LogP contribution in [-0.2, 0) is 11.4 Å². The van der Waals surface area contributed by atoms with Crippen LogP contribution in [-0.4, -0.2) is 21.9 Å². The summed E-state index contributed by atoms with van der Waals surface area (Å²) in [6.07, 6.45) is 0.981. The number of amides is 1. The molecule has 2 aromatic carbocycles. The molecule has 0 aliphatic carbocycles. The monoisotopic (exact) mass is 371 g/mol. The number of para-hydroxylation sites is 2. The SMILES string of the molecule is O=C(CCCCl)Nc1ccccc1-c1nc(COc2ccccc2)no1. The summed E-state index contributed by atoms with van der Waals surface area (Å²) in [5.41, 5.74) is 1.27. The van der Waals surface area contributed by atoms with Gasteiger partial charge in [-0.05, 0) is 30.7 Å². The molecule has 0 unspecified atom stereocenters. The van der Waals surface area contributed by atoms with Gasteiger partial charge in [0.15, 0.2) is 6.61 Å². The van der Waals surface area contributed by atoms with E-state index in [9.17, 15) is 4.79 Å². The average Bonchev–Trinajstić information content (AvgIpc) is 3.15. The lowest BCUT2D eigenvalue weighted by atomic mass is 10.1. The quantitative estimate of drug-likeness (QED) is 0.598. The first-order valence-corrected chi connectivity index (χ1v) is 8.75. The Morgan fingerprint density at radius 3 is 2.69 bits per heavy atom. The van der Waals surface area contributed by atoms with Gasteiger partial charge in [-0.1, -0.05) is 35.5 Å². The third-order valence-corrected chi connectivity index (χ3v) is 3.82. The second-order valence-corrected chi connectivity index (χ2v) is 5.88. The number of carbonyl (C=O) groups excluding carboxylic acids is 1. The smallest absolute Gasteiger partial charge is 0.260 e. The zero-order valence-corrected chi connectivity index (χ0v) is 14.8. The molecule has 0 bridgehead atoms. The topological polar surface area (TPSA) is 77.2 Å². The number of anilines is 1. The number of halogens is 1. The van der Waals surface area contributed by atoms with Crippen LogP contribution < -0.4 is 10.1 Å². The van der Waals surface area contributed by atoms with E-state index in [1.165, 1.54) is 0 Å². The van der Waals surface area contributed by atoms with Crippen LogP contribution in [0, 0.1) is 0 Å². The van der Waals surface area contributed by atoms with Gasteiger partial charge in [0.2, 0.25) is 11.7 Å². The fourth-order valence-electron chi connectivity index (χ4n) is 2.31. The van der Waals surface area contributed by atoms with E-state index in [1.807, 2.05) is 48.5 Å². The van der Waals surface area contributed by atoms with Gasteiger partial charge in [-0.2, -0.15) is 4.98 Å². The summed E-state index contributed by atoms with van der Waals surface area (Å²) in [7, 11) is 0. The van der Waals surface area contributed by atoms with Gasteiger partial charge < -0.3 is 14.6 Å². The first kappa shape index (κ1) is 17.9. The number of alkyl halides is 1. The lowest BCUT2D eigenvalue weighted by Gasteiger charge is -2.07. The van der Waals surface area contributed by atoms with E-state index in [4.69, 9.17) is 20.9 Å². The number of aromatic nitrogens is 2. The molecule has 134 valence electrons. The molecule has 0 atom stereocenters. The van der Waals surface area contributed by atoms with Crippen LogP contribution in [0.3, 0.4) is 0 Å². The summed E-state index contributed by atoms with van der Waals surface area (Å²) >= 11 is 5.63. The molecule has 26 heavy (non-hydrogen) atoms. The molecule has 0 aliphatic rings. The lowest BCUT2D eigenvalue weighted by Crippen LogP contribution is -2.12. The van der Waals surface area contributed by atoms with Crippen LogP contribution in [0.2, 0.25) is 0 Å². The van der Waals surface area contributed by atoms with E-state index in [1.54, 1.807) is 6.07 Å². The van der Waals surface area contributed by atoms with Crippen LogP contribution >= 0.6 is 11.6 Å². The molecule has 0 aliphatic heterocycles. The summed E-state index contributed by atoms with van der Waals surface area (Å²) in [6.45, 7) is 0.192. The van der Waals surface area contributed by atoms with Crippen LogP contribution in [0.15, 0.2) is 59.1 Å². The highest BCUT2D eigenvalue weighted by atomic mass is 35.5. The van der Waals surface area contributed by atoms with Crippen molar-refractivity contribution in [1.29, 1.82) is 0 Å². The molecular weight excluding hydrogens is 354 g/mol. The maximum absolute atomic E-state index is 12.0. The zero-order valence-electron chi connectivity index (χ0n) is 14.0. The van der Waals surface area contributed by atoms with Crippen LogP contribution in [0.25, 0.3) is 11.5 Å². The minimum atomic E-state index is -0.106. The van der Waals surface area contributed by atoms with Crippen molar-refractivity contribution < 1.29 is 14.1 Å². The summed E-state index contributed by atoms with van der Waals surface area (Å²) < 4.78 is 10.9. The number of carbonyl (C=O) groups is 1. The molecule has 3 aromatic rings. The Morgan fingerprint density at radius 2 is 1.88 bits per heavy atom. The van der Waals surface area contributed by atoms with E-state index >= 15 is 0 Å². The molecule has 6 nitrogen and oxygen atoms in total. The molecule has 0 saturated heterocycles. The summed E-state index contributed by atoms with van der Waals surface area (Å²) in [4.78, 5) is 16.3. The maximum Gasteiger partial charge on any atom is 0.260 e. The molecule has 7 heteroatoms. The first-order chi connectivity index (χ1) is 12.8. The maximum atomic E-state index is 12.0. The number of ether oxygens (including phenoxy) is 1. The Morgan fingerprint density at radius 1 is 1.12 bits per heavy atom. The van der Waals surface area contributed by atoms with Crippen LogP contribution in [0.1, 0.15) is 18.7 Å². The number of hydrogen-bond donors (Lipinski definition) is 1. The number of rotatable bonds is 8. The van der Waals surface area contributed by atoms with Crippen molar-refractivity contribution in [2.75, 3.05) is 11.2 Å². The van der Waals surface area contributed by atoms with E-state index in [0.717, 1.165) is 5.75 Å². The molecule has 1 aromatic heterocycles. The molecular formula is C19H18ClN3O3. The van der Waals surface area contributed by atoms with E-state index < -0.39 is 0 Å². The van der Waals surface area contributed by atoms with Crippen molar-refractivity contribution in [3.05, 3.63) is 60.4 Å². The van der Waals surface area contributed by atoms with Gasteiger partial charge in [0.1, 0.15) is 5.75 Å². The van der Waals surface area contributed by atoms with Gasteiger partial charge >= 0.3 is 0 Å². The number of nitrogens with zero attached hydrogens (tertiary/aromatic N) is 2. The van der Waals surface area contributed by atoms with Crippen LogP contribution in [0.4, 0.5) is 5.69 Å². The average molecular weight is 372 g/mol. The highest BCUT2D eigenvalue weighted by molar-refractivity contribution is 6.18. The Labute approximate surface area is 156 Å². The first-order valence-electron chi connectivity index (χ1n) is 8.22. The second-order valence-electron chi connectivity index (χ2n) is 5.50. The lowest BCUT2D eigenvalue weighted by molar-refractivity contribution is -0.116. The summed E-state index contributed by atoms with van der Waals surface area (Å²) in [5, 5.41) is 6.79. The van der Waals surface area contributed by atoms with Crippen molar-refractivity contribution in [3.63, 3.8) is 0 Å². The van der Waals surface area contributed by atoms with E-state index in [0.29, 0.717) is 41.7 Å². The predicted octanol–water partition coefficient (Wildman–Crippen LogP) is 4.27. The standard InChI is InChI=1S/C19H18ClN3O3/c20-12-6-11-18(24)21-16-10-5-4-9-15(16)19-22-17(23-26-19)13-25-14-7-2-1-3-8-14/h1-5,7-10H,6,11-13H2,(H,21,24). The number of benzene rings is 2. The van der Waals surface area contributed by atoms with Gasteiger partial charge in [0.25, 0.3) is 5.89 Å². The predicted molar refractivity (Wildman–Crippen MR) is 99.1 cm³/mol. The molecule has 3 rings (SSSR count).